The molecule has 0 unspecified atom stereocenters. The van der Waals surface area contributed by atoms with Crippen molar-refractivity contribution >= 4 is 18.2 Å². The van der Waals surface area contributed by atoms with E-state index in [1.807, 2.05) is 37.8 Å². The van der Waals surface area contributed by atoms with Crippen LogP contribution in [0.2, 0.25) is 0 Å². The monoisotopic (exact) mass is 404 g/mol. The van der Waals surface area contributed by atoms with E-state index >= 15 is 0 Å². The number of carbonyl (C=O) groups excluding carboxylic acids is 1. The van der Waals surface area contributed by atoms with Gasteiger partial charge in [-0.2, -0.15) is 5.26 Å². The van der Waals surface area contributed by atoms with Crippen molar-refractivity contribution in [3.05, 3.63) is 52.4 Å². The summed E-state index contributed by atoms with van der Waals surface area (Å²) in [5.74, 6) is 1.22. The summed E-state index contributed by atoms with van der Waals surface area (Å²) < 4.78 is 0. The molecule has 0 saturated heterocycles. The van der Waals surface area contributed by atoms with Gasteiger partial charge in [0.2, 0.25) is 0 Å². The molecule has 30 heavy (non-hydrogen) atoms. The van der Waals surface area contributed by atoms with Crippen molar-refractivity contribution in [2.45, 2.75) is 52.5 Å². The van der Waals surface area contributed by atoms with Gasteiger partial charge in [-0.15, -0.1) is 0 Å². The number of amides is 1. The Labute approximate surface area is 177 Å². The van der Waals surface area contributed by atoms with E-state index in [9.17, 15) is 4.79 Å². The minimum atomic E-state index is -0.0154. The Morgan fingerprint density at radius 3 is 2.63 bits per heavy atom. The third-order valence-electron chi connectivity index (χ3n) is 5.58. The van der Waals surface area contributed by atoms with E-state index in [4.69, 9.17) is 5.26 Å². The van der Waals surface area contributed by atoms with Crippen molar-refractivity contribution in [1.82, 2.24) is 20.2 Å². The van der Waals surface area contributed by atoms with Crippen LogP contribution in [0.5, 0.6) is 0 Å². The molecule has 1 aliphatic heterocycles. The zero-order valence-corrected chi connectivity index (χ0v) is 18.1. The van der Waals surface area contributed by atoms with Gasteiger partial charge in [0.15, 0.2) is 5.82 Å². The molecular weight excluding hydrogens is 376 g/mol. The summed E-state index contributed by atoms with van der Waals surface area (Å²) in [6, 6.07) is 3.62. The van der Waals surface area contributed by atoms with Gasteiger partial charge in [0.1, 0.15) is 17.6 Å². The van der Waals surface area contributed by atoms with Crippen LogP contribution >= 0.6 is 0 Å². The number of aliphatic imine (C=N–C) groups is 1. The van der Waals surface area contributed by atoms with Crippen molar-refractivity contribution in [1.29, 1.82) is 5.26 Å². The second-order valence-corrected chi connectivity index (χ2v) is 8.30. The van der Waals surface area contributed by atoms with Crippen LogP contribution in [0.1, 0.15) is 58.5 Å². The number of allylic oxidation sites excluding steroid dienone is 1. The molecule has 2 heterocycles. The highest BCUT2D eigenvalue weighted by Gasteiger charge is 2.38. The minimum absolute atomic E-state index is 0.0154. The summed E-state index contributed by atoms with van der Waals surface area (Å²) in [6.07, 6.45) is 6.38. The highest BCUT2D eigenvalue weighted by atomic mass is 16.2. The van der Waals surface area contributed by atoms with E-state index in [0.717, 1.165) is 29.6 Å². The maximum Gasteiger partial charge on any atom is 0.254 e. The second-order valence-electron chi connectivity index (χ2n) is 8.30. The Balaban J connectivity index is 1.80. The highest BCUT2D eigenvalue weighted by Crippen LogP contribution is 2.36. The topological polar surface area (TPSA) is 94.3 Å². The zero-order chi connectivity index (χ0) is 21.9. The Bertz CT molecular complexity index is 1000. The molecule has 0 atom stereocenters. The quantitative estimate of drug-likeness (QED) is 0.446. The van der Waals surface area contributed by atoms with Crippen LogP contribution in [0.25, 0.3) is 5.57 Å². The highest BCUT2D eigenvalue weighted by molar-refractivity contribution is 5.99. The zero-order valence-electron chi connectivity index (χ0n) is 18.1. The molecule has 1 aromatic heterocycles. The van der Waals surface area contributed by atoms with E-state index in [1.165, 1.54) is 0 Å². The lowest BCUT2D eigenvalue weighted by molar-refractivity contribution is -0.126. The first-order chi connectivity index (χ1) is 14.3. The molecule has 1 amide bonds. The van der Waals surface area contributed by atoms with Gasteiger partial charge in [-0.1, -0.05) is 11.6 Å². The number of nitrogens with one attached hydrogen (secondary N) is 1. The average Bonchev–Trinajstić information content (AvgIpc) is 3.48. The van der Waals surface area contributed by atoms with Crippen molar-refractivity contribution in [2.24, 2.45) is 4.99 Å². The molecule has 1 aromatic rings. The molecule has 0 bridgehead atoms. The summed E-state index contributed by atoms with van der Waals surface area (Å²) in [5, 5.41) is 12.5. The summed E-state index contributed by atoms with van der Waals surface area (Å²) in [4.78, 5) is 27.9. The van der Waals surface area contributed by atoms with Crippen LogP contribution in [-0.4, -0.2) is 46.1 Å². The standard InChI is InChI=1S/C23H28N6O/c1-15(2)19(16(3)20(25-5)28-23(4)9-10-23)22(30)29-12-7-17(8-13-29)21-26-11-6-18(14-24)27-21/h6-7,11,28H,5,8-10,12-13H2,1-4H3/b20-16-. The molecule has 156 valence electrons. The van der Waals surface area contributed by atoms with Gasteiger partial charge >= 0.3 is 0 Å². The van der Waals surface area contributed by atoms with Gasteiger partial charge in [-0.3, -0.25) is 4.79 Å². The van der Waals surface area contributed by atoms with Crippen LogP contribution in [0.3, 0.4) is 0 Å². The van der Waals surface area contributed by atoms with Crippen molar-refractivity contribution in [3.8, 4) is 6.07 Å². The molecule has 1 N–H and O–H groups in total. The first-order valence-electron chi connectivity index (χ1n) is 10.1. The lowest BCUT2D eigenvalue weighted by Gasteiger charge is -2.28. The molecule has 3 rings (SSSR count). The predicted octanol–water partition coefficient (Wildman–Crippen LogP) is 3.37. The molecule has 7 nitrogen and oxygen atoms in total. The molecule has 2 aliphatic rings. The molecule has 0 radical (unpaired) electrons. The third-order valence-corrected chi connectivity index (χ3v) is 5.58. The lowest BCUT2D eigenvalue weighted by Crippen LogP contribution is -2.37. The number of hydrogen-bond acceptors (Lipinski definition) is 6. The van der Waals surface area contributed by atoms with Gasteiger partial charge in [0.25, 0.3) is 5.91 Å². The average molecular weight is 405 g/mol. The Morgan fingerprint density at radius 1 is 1.37 bits per heavy atom. The summed E-state index contributed by atoms with van der Waals surface area (Å²) in [6.45, 7) is 12.7. The predicted molar refractivity (Wildman–Crippen MR) is 117 cm³/mol. The Kier molecular flexibility index (Phi) is 6.16. The molecule has 1 aliphatic carbocycles. The normalized spacial score (nSPS) is 17.8. The number of rotatable bonds is 6. The summed E-state index contributed by atoms with van der Waals surface area (Å²) in [5.41, 5.74) is 3.79. The lowest BCUT2D eigenvalue weighted by atomic mass is 9.99. The number of hydrogen-bond donors (Lipinski definition) is 1. The fourth-order valence-corrected chi connectivity index (χ4v) is 3.51. The van der Waals surface area contributed by atoms with E-state index in [1.54, 1.807) is 12.3 Å². The molecular formula is C23H28N6O. The number of carbonyl (C=O) groups is 1. The molecule has 0 aromatic carbocycles. The maximum absolute atomic E-state index is 13.4. The van der Waals surface area contributed by atoms with Gasteiger partial charge in [-0.05, 0) is 65.3 Å². The summed E-state index contributed by atoms with van der Waals surface area (Å²) >= 11 is 0. The van der Waals surface area contributed by atoms with Crippen molar-refractivity contribution in [2.75, 3.05) is 13.1 Å². The van der Waals surface area contributed by atoms with Crippen LogP contribution in [0, 0.1) is 11.3 Å². The Hall–Kier alpha value is -3.27. The molecule has 1 saturated carbocycles. The van der Waals surface area contributed by atoms with Gasteiger partial charge < -0.3 is 10.2 Å². The SMILES string of the molecule is C=N/C(NC1(C)CC1)=C(\C)C(C(=O)N1CC=C(c2nccc(C#N)n2)CC1)=C(C)C. The van der Waals surface area contributed by atoms with E-state index in [2.05, 4.69) is 33.9 Å². The van der Waals surface area contributed by atoms with Crippen molar-refractivity contribution < 1.29 is 4.79 Å². The first kappa shape index (κ1) is 21.4. The largest absolute Gasteiger partial charge is 0.365 e. The maximum atomic E-state index is 13.4. The Morgan fingerprint density at radius 2 is 2.10 bits per heavy atom. The number of nitriles is 1. The molecule has 1 fully saturated rings. The van der Waals surface area contributed by atoms with Crippen LogP contribution in [0.4, 0.5) is 0 Å². The van der Waals surface area contributed by atoms with Gasteiger partial charge in [0.05, 0.1) is 0 Å². The number of aromatic nitrogens is 2. The van der Waals surface area contributed by atoms with Crippen LogP contribution in [-0.2, 0) is 4.79 Å². The van der Waals surface area contributed by atoms with Crippen LogP contribution < -0.4 is 5.32 Å². The fourth-order valence-electron chi connectivity index (χ4n) is 3.51. The second kappa shape index (κ2) is 8.62. The van der Waals surface area contributed by atoms with Crippen LogP contribution in [0.15, 0.2) is 45.9 Å². The smallest absolute Gasteiger partial charge is 0.254 e. The van der Waals surface area contributed by atoms with E-state index in [-0.39, 0.29) is 11.4 Å². The molecule has 7 heteroatoms. The third kappa shape index (κ3) is 4.65. The van der Waals surface area contributed by atoms with E-state index < -0.39 is 0 Å². The number of nitrogens with zero attached hydrogens (tertiary/aromatic N) is 5. The minimum Gasteiger partial charge on any atom is -0.365 e. The van der Waals surface area contributed by atoms with Gasteiger partial charge in [0, 0.05) is 36.0 Å². The van der Waals surface area contributed by atoms with Crippen molar-refractivity contribution in [3.63, 3.8) is 0 Å². The van der Waals surface area contributed by atoms with E-state index in [0.29, 0.717) is 42.4 Å². The van der Waals surface area contributed by atoms with Gasteiger partial charge in [-0.25, -0.2) is 15.0 Å². The fraction of sp³-hybridized carbons (Fsp3) is 0.435. The summed E-state index contributed by atoms with van der Waals surface area (Å²) in [7, 11) is 0. The first-order valence-corrected chi connectivity index (χ1v) is 10.1. The molecule has 0 spiro atoms.